The predicted octanol–water partition coefficient (Wildman–Crippen LogP) is 3.91. The van der Waals surface area contributed by atoms with Gasteiger partial charge in [0.15, 0.2) is 0 Å². The summed E-state index contributed by atoms with van der Waals surface area (Å²) in [4.78, 5) is 26.5. The number of fused-ring (bicyclic) bond motifs is 1. The van der Waals surface area contributed by atoms with Gasteiger partial charge < -0.3 is 14.2 Å². The summed E-state index contributed by atoms with van der Waals surface area (Å²) in [6.07, 6.45) is 3.97. The van der Waals surface area contributed by atoms with Crippen LogP contribution < -0.4 is 0 Å². The van der Waals surface area contributed by atoms with Crippen LogP contribution in [0.2, 0.25) is 0 Å². The Balaban J connectivity index is 1.46. The number of hydrogen-bond donors (Lipinski definition) is 0. The van der Waals surface area contributed by atoms with E-state index in [1.54, 1.807) is 29.2 Å². The molecule has 3 heterocycles. The molecule has 0 N–H and O–H groups in total. The van der Waals surface area contributed by atoms with E-state index in [1.165, 1.54) is 12.7 Å². The highest BCUT2D eigenvalue weighted by molar-refractivity contribution is 5.96. The van der Waals surface area contributed by atoms with Crippen LogP contribution in [0.1, 0.15) is 37.5 Å². The summed E-state index contributed by atoms with van der Waals surface area (Å²) in [6, 6.07) is 18.7. The first-order valence-corrected chi connectivity index (χ1v) is 10.3. The molecule has 32 heavy (non-hydrogen) atoms. The average molecular weight is 426 g/mol. The summed E-state index contributed by atoms with van der Waals surface area (Å²) in [6.45, 7) is 2.95. The predicted molar refractivity (Wildman–Crippen MR) is 119 cm³/mol. The summed E-state index contributed by atoms with van der Waals surface area (Å²) < 4.78 is 8.70. The lowest BCUT2D eigenvalue weighted by atomic mass is 10.1. The largest absolute Gasteiger partial charge is 0.465 e. The van der Waals surface area contributed by atoms with E-state index in [4.69, 9.17) is 9.84 Å². The van der Waals surface area contributed by atoms with Gasteiger partial charge in [-0.3, -0.25) is 4.79 Å². The molecule has 1 aliphatic rings. The van der Waals surface area contributed by atoms with Crippen molar-refractivity contribution in [3.05, 3.63) is 101 Å². The van der Waals surface area contributed by atoms with Crippen molar-refractivity contribution in [2.24, 2.45) is 0 Å². The summed E-state index contributed by atoms with van der Waals surface area (Å²) in [5, 5.41) is 4.86. The summed E-state index contributed by atoms with van der Waals surface area (Å²) >= 11 is 0. The Kier molecular flexibility index (Phi) is 4.86. The lowest BCUT2D eigenvalue weighted by molar-refractivity contribution is 0.0599. The van der Waals surface area contributed by atoms with E-state index in [0.29, 0.717) is 24.2 Å². The number of methoxy groups -OCH3 is 1. The van der Waals surface area contributed by atoms with Crippen LogP contribution in [0.4, 0.5) is 0 Å². The number of carbonyl (C=O) groups excluding carboxylic acids is 2. The quantitative estimate of drug-likeness (QED) is 0.464. The van der Waals surface area contributed by atoms with Crippen LogP contribution >= 0.6 is 0 Å². The Labute approximate surface area is 185 Å². The van der Waals surface area contributed by atoms with E-state index in [-0.39, 0.29) is 5.91 Å². The first-order valence-electron chi connectivity index (χ1n) is 10.3. The Bertz CT molecular complexity index is 1290. The molecule has 1 aliphatic heterocycles. The minimum Gasteiger partial charge on any atom is -0.465 e. The first-order chi connectivity index (χ1) is 15.5. The molecule has 0 radical (unpaired) electrons. The molecule has 2 aromatic heterocycles. The standard InChI is InChI=1S/C25H22N4O3/c1-17-5-11-20(12-6-17)29-23(27-13-3-4-14-27)21-15-28(16-22(21)26-29)24(30)18-7-9-19(10-8-18)25(31)32-2/h3-14H,15-16H2,1-2H3. The molecule has 0 atom stereocenters. The third-order valence-electron chi connectivity index (χ3n) is 5.70. The van der Waals surface area contributed by atoms with Crippen LogP contribution in [0, 0.1) is 6.92 Å². The SMILES string of the molecule is COC(=O)c1ccc(C(=O)N2Cc3nn(-c4ccc(C)cc4)c(-n4cccc4)c3C2)cc1. The van der Waals surface area contributed by atoms with Crippen LogP contribution in [0.25, 0.3) is 11.5 Å². The van der Waals surface area contributed by atoms with Gasteiger partial charge in [0.1, 0.15) is 5.82 Å². The monoisotopic (exact) mass is 426 g/mol. The van der Waals surface area contributed by atoms with Crippen LogP contribution in [-0.4, -0.2) is 38.2 Å². The first kappa shape index (κ1) is 19.8. The van der Waals surface area contributed by atoms with Crippen LogP contribution in [0.5, 0.6) is 0 Å². The van der Waals surface area contributed by atoms with E-state index in [0.717, 1.165) is 22.8 Å². The second kappa shape index (κ2) is 7.85. The maximum atomic E-state index is 13.1. The molecule has 1 amide bonds. The fourth-order valence-electron chi connectivity index (χ4n) is 4.00. The van der Waals surface area contributed by atoms with Crippen molar-refractivity contribution in [3.63, 3.8) is 0 Å². The lowest BCUT2D eigenvalue weighted by Crippen LogP contribution is -2.26. The molecule has 5 rings (SSSR count). The van der Waals surface area contributed by atoms with Crippen molar-refractivity contribution in [2.75, 3.05) is 7.11 Å². The Morgan fingerprint density at radius 1 is 0.906 bits per heavy atom. The maximum Gasteiger partial charge on any atom is 0.337 e. The topological polar surface area (TPSA) is 69.4 Å². The normalized spacial score (nSPS) is 12.6. The molecule has 0 saturated carbocycles. The number of amides is 1. The molecule has 0 bridgehead atoms. The zero-order valence-electron chi connectivity index (χ0n) is 17.9. The van der Waals surface area contributed by atoms with Crippen molar-refractivity contribution in [3.8, 4) is 11.5 Å². The molecule has 7 nitrogen and oxygen atoms in total. The maximum absolute atomic E-state index is 13.1. The zero-order valence-corrected chi connectivity index (χ0v) is 17.9. The van der Waals surface area contributed by atoms with Gasteiger partial charge in [-0.25, -0.2) is 9.48 Å². The highest BCUT2D eigenvalue weighted by Crippen LogP contribution is 2.31. The average Bonchev–Trinajstić information content (AvgIpc) is 3.55. The van der Waals surface area contributed by atoms with Crippen molar-refractivity contribution >= 4 is 11.9 Å². The van der Waals surface area contributed by atoms with Crippen LogP contribution in [0.3, 0.4) is 0 Å². The van der Waals surface area contributed by atoms with E-state index in [2.05, 4.69) is 31.2 Å². The fraction of sp³-hybridized carbons (Fsp3) is 0.160. The molecule has 4 aromatic rings. The van der Waals surface area contributed by atoms with E-state index < -0.39 is 5.97 Å². The van der Waals surface area contributed by atoms with Gasteiger partial charge in [-0.2, -0.15) is 5.10 Å². The molecule has 7 heteroatoms. The fourth-order valence-corrected chi connectivity index (χ4v) is 4.00. The van der Waals surface area contributed by atoms with Gasteiger partial charge >= 0.3 is 5.97 Å². The van der Waals surface area contributed by atoms with Gasteiger partial charge in [-0.05, 0) is 55.5 Å². The van der Waals surface area contributed by atoms with E-state index >= 15 is 0 Å². The second-order valence-electron chi connectivity index (χ2n) is 7.82. The Morgan fingerprint density at radius 3 is 2.22 bits per heavy atom. The molecule has 0 spiro atoms. The molecule has 0 fully saturated rings. The molecule has 0 aliphatic carbocycles. The van der Waals surface area contributed by atoms with E-state index in [9.17, 15) is 9.59 Å². The van der Waals surface area contributed by atoms with Gasteiger partial charge in [0, 0.05) is 23.5 Å². The second-order valence-corrected chi connectivity index (χ2v) is 7.82. The minimum absolute atomic E-state index is 0.0974. The number of hydrogen-bond acceptors (Lipinski definition) is 4. The number of aryl methyl sites for hydroxylation is 1. The van der Waals surface area contributed by atoms with Gasteiger partial charge in [0.25, 0.3) is 5.91 Å². The zero-order chi connectivity index (χ0) is 22.2. The number of ether oxygens (including phenoxy) is 1. The third kappa shape index (κ3) is 3.37. The Hall–Kier alpha value is -4.13. The lowest BCUT2D eigenvalue weighted by Gasteiger charge is -2.18. The minimum atomic E-state index is -0.424. The van der Waals surface area contributed by atoms with Gasteiger partial charge in [-0.1, -0.05) is 17.7 Å². The number of aromatic nitrogens is 3. The van der Waals surface area contributed by atoms with Gasteiger partial charge in [-0.15, -0.1) is 0 Å². The molecule has 0 unspecified atom stereocenters. The third-order valence-corrected chi connectivity index (χ3v) is 5.70. The number of esters is 1. The van der Waals surface area contributed by atoms with Crippen LogP contribution in [0.15, 0.2) is 73.1 Å². The smallest absolute Gasteiger partial charge is 0.337 e. The summed E-state index contributed by atoms with van der Waals surface area (Å²) in [5.74, 6) is 0.414. The molecular weight excluding hydrogens is 404 g/mol. The van der Waals surface area contributed by atoms with Crippen molar-refractivity contribution < 1.29 is 14.3 Å². The van der Waals surface area contributed by atoms with Gasteiger partial charge in [0.05, 0.1) is 37.1 Å². The number of benzene rings is 2. The summed E-state index contributed by atoms with van der Waals surface area (Å²) in [7, 11) is 1.33. The van der Waals surface area contributed by atoms with Crippen molar-refractivity contribution in [2.45, 2.75) is 20.0 Å². The Morgan fingerprint density at radius 2 is 1.56 bits per heavy atom. The highest BCUT2D eigenvalue weighted by atomic mass is 16.5. The van der Waals surface area contributed by atoms with Crippen molar-refractivity contribution in [1.82, 2.24) is 19.2 Å². The number of carbonyl (C=O) groups is 2. The molecule has 160 valence electrons. The van der Waals surface area contributed by atoms with Crippen LogP contribution in [-0.2, 0) is 17.8 Å². The highest BCUT2D eigenvalue weighted by Gasteiger charge is 2.31. The summed E-state index contributed by atoms with van der Waals surface area (Å²) in [5.41, 5.74) is 5.01. The number of rotatable bonds is 4. The number of nitrogens with zero attached hydrogens (tertiary/aromatic N) is 4. The molecular formula is C25H22N4O3. The van der Waals surface area contributed by atoms with Crippen molar-refractivity contribution in [1.29, 1.82) is 0 Å². The van der Waals surface area contributed by atoms with Gasteiger partial charge in [0.2, 0.25) is 0 Å². The molecule has 2 aromatic carbocycles. The van der Waals surface area contributed by atoms with E-state index in [1.807, 2.05) is 33.8 Å². The molecule has 0 saturated heterocycles.